The minimum Gasteiger partial charge on any atom is -0.335 e. The second-order valence-corrected chi connectivity index (χ2v) is 6.10. The van der Waals surface area contributed by atoms with Gasteiger partial charge in [-0.15, -0.1) is 0 Å². The van der Waals surface area contributed by atoms with Crippen LogP contribution in [0.1, 0.15) is 45.1 Å². The van der Waals surface area contributed by atoms with E-state index in [0.29, 0.717) is 6.54 Å². The standard InChI is InChI=1S/C16H24N2O/c1-16(2)11-7-6-10-14(16)18-15(19)17-12-13-8-4-3-5-9-13/h3-5,8-9,14H,6-7,10-12H2,1-2H3,(H2,17,18,19). The van der Waals surface area contributed by atoms with Crippen LogP contribution < -0.4 is 10.6 Å². The lowest BCUT2D eigenvalue weighted by molar-refractivity contribution is 0.166. The smallest absolute Gasteiger partial charge is 0.315 e. The number of urea groups is 1. The predicted molar refractivity (Wildman–Crippen MR) is 77.9 cm³/mol. The van der Waals surface area contributed by atoms with E-state index >= 15 is 0 Å². The van der Waals surface area contributed by atoms with Gasteiger partial charge in [-0.2, -0.15) is 0 Å². The quantitative estimate of drug-likeness (QED) is 0.858. The van der Waals surface area contributed by atoms with Gasteiger partial charge in [-0.1, -0.05) is 57.0 Å². The summed E-state index contributed by atoms with van der Waals surface area (Å²) >= 11 is 0. The number of benzene rings is 1. The monoisotopic (exact) mass is 260 g/mol. The van der Waals surface area contributed by atoms with E-state index in [4.69, 9.17) is 0 Å². The maximum Gasteiger partial charge on any atom is 0.315 e. The molecule has 0 saturated heterocycles. The maximum absolute atomic E-state index is 12.0. The highest BCUT2D eigenvalue weighted by atomic mass is 16.2. The number of nitrogens with one attached hydrogen (secondary N) is 2. The van der Waals surface area contributed by atoms with Gasteiger partial charge in [0.05, 0.1) is 0 Å². The molecule has 0 spiro atoms. The summed E-state index contributed by atoms with van der Waals surface area (Å²) in [5, 5.41) is 6.06. The molecular formula is C16H24N2O. The first-order valence-electron chi connectivity index (χ1n) is 7.16. The molecule has 1 aliphatic rings. The summed E-state index contributed by atoms with van der Waals surface area (Å²) in [6.07, 6.45) is 4.77. The van der Waals surface area contributed by atoms with Gasteiger partial charge in [-0.25, -0.2) is 4.79 Å². The van der Waals surface area contributed by atoms with Gasteiger partial charge in [0.2, 0.25) is 0 Å². The van der Waals surface area contributed by atoms with Crippen LogP contribution in [0, 0.1) is 5.41 Å². The number of hydrogen-bond donors (Lipinski definition) is 2. The Hall–Kier alpha value is -1.51. The minimum atomic E-state index is -0.0520. The second kappa shape index (κ2) is 6.09. The normalized spacial score (nSPS) is 21.7. The zero-order valence-corrected chi connectivity index (χ0v) is 11.9. The lowest BCUT2D eigenvalue weighted by Gasteiger charge is -2.38. The van der Waals surface area contributed by atoms with Gasteiger partial charge in [-0.05, 0) is 23.8 Å². The highest BCUT2D eigenvalue weighted by molar-refractivity contribution is 5.74. The number of hydrogen-bond acceptors (Lipinski definition) is 1. The topological polar surface area (TPSA) is 41.1 Å². The van der Waals surface area contributed by atoms with Crippen molar-refractivity contribution in [3.63, 3.8) is 0 Å². The van der Waals surface area contributed by atoms with E-state index < -0.39 is 0 Å². The predicted octanol–water partition coefficient (Wildman–Crippen LogP) is 3.45. The summed E-state index contributed by atoms with van der Waals surface area (Å²) in [6, 6.07) is 10.2. The van der Waals surface area contributed by atoms with Crippen LogP contribution in [0.2, 0.25) is 0 Å². The average Bonchev–Trinajstić information content (AvgIpc) is 2.40. The van der Waals surface area contributed by atoms with Crippen LogP contribution in [0.15, 0.2) is 30.3 Å². The Balaban J connectivity index is 1.81. The molecule has 19 heavy (non-hydrogen) atoms. The van der Waals surface area contributed by atoms with E-state index in [9.17, 15) is 4.79 Å². The Labute approximate surface area is 115 Å². The molecular weight excluding hydrogens is 236 g/mol. The molecule has 2 N–H and O–H groups in total. The molecule has 2 rings (SSSR count). The summed E-state index contributed by atoms with van der Waals surface area (Å²) < 4.78 is 0. The number of carbonyl (C=O) groups excluding carboxylic acids is 1. The third kappa shape index (κ3) is 3.98. The molecule has 0 aliphatic heterocycles. The van der Waals surface area contributed by atoms with Crippen LogP contribution in [0.3, 0.4) is 0 Å². The van der Waals surface area contributed by atoms with Gasteiger partial charge < -0.3 is 10.6 Å². The van der Waals surface area contributed by atoms with E-state index in [0.717, 1.165) is 12.0 Å². The number of rotatable bonds is 3. The van der Waals surface area contributed by atoms with Crippen LogP contribution in [0.4, 0.5) is 4.79 Å². The summed E-state index contributed by atoms with van der Waals surface area (Å²) in [7, 11) is 0. The molecule has 1 aromatic rings. The van der Waals surface area contributed by atoms with Crippen LogP contribution in [-0.4, -0.2) is 12.1 Å². The molecule has 1 aliphatic carbocycles. The molecule has 1 unspecified atom stereocenters. The lowest BCUT2D eigenvalue weighted by Crippen LogP contribution is -2.50. The molecule has 1 fully saturated rings. The number of carbonyl (C=O) groups is 1. The van der Waals surface area contributed by atoms with Crippen LogP contribution in [0.25, 0.3) is 0 Å². The van der Waals surface area contributed by atoms with Gasteiger partial charge in [0.15, 0.2) is 0 Å². The van der Waals surface area contributed by atoms with Crippen molar-refractivity contribution >= 4 is 6.03 Å². The largest absolute Gasteiger partial charge is 0.335 e. The molecule has 0 heterocycles. The summed E-state index contributed by atoms with van der Waals surface area (Å²) in [6.45, 7) is 5.07. The average molecular weight is 260 g/mol. The summed E-state index contributed by atoms with van der Waals surface area (Å²) in [4.78, 5) is 12.0. The van der Waals surface area contributed by atoms with Gasteiger partial charge >= 0.3 is 6.03 Å². The van der Waals surface area contributed by atoms with E-state index in [2.05, 4.69) is 24.5 Å². The summed E-state index contributed by atoms with van der Waals surface area (Å²) in [5.41, 5.74) is 1.34. The molecule has 104 valence electrons. The van der Waals surface area contributed by atoms with Gasteiger partial charge in [0, 0.05) is 12.6 Å². The van der Waals surface area contributed by atoms with Crippen molar-refractivity contribution < 1.29 is 4.79 Å². The molecule has 1 atom stereocenters. The zero-order chi connectivity index (χ0) is 13.7. The van der Waals surface area contributed by atoms with Crippen molar-refractivity contribution in [2.75, 3.05) is 0 Å². The maximum atomic E-state index is 12.0. The van der Waals surface area contributed by atoms with Crippen LogP contribution in [-0.2, 0) is 6.54 Å². The first-order valence-corrected chi connectivity index (χ1v) is 7.16. The Morgan fingerprint density at radius 3 is 2.68 bits per heavy atom. The molecule has 1 saturated carbocycles. The summed E-state index contributed by atoms with van der Waals surface area (Å²) in [5.74, 6) is 0. The number of amides is 2. The molecule has 2 amide bonds. The molecule has 0 bridgehead atoms. The molecule has 0 aromatic heterocycles. The van der Waals surface area contributed by atoms with Gasteiger partial charge in [-0.3, -0.25) is 0 Å². The molecule has 1 aromatic carbocycles. The Morgan fingerprint density at radius 2 is 2.00 bits per heavy atom. The Bertz CT molecular complexity index is 414. The SMILES string of the molecule is CC1(C)CCCCC1NC(=O)NCc1ccccc1. The van der Waals surface area contributed by atoms with Crippen LogP contribution >= 0.6 is 0 Å². The fraction of sp³-hybridized carbons (Fsp3) is 0.562. The van der Waals surface area contributed by atoms with Crippen molar-refractivity contribution in [2.45, 2.75) is 52.1 Å². The van der Waals surface area contributed by atoms with E-state index in [1.54, 1.807) is 0 Å². The molecule has 3 heteroatoms. The highest BCUT2D eigenvalue weighted by Crippen LogP contribution is 2.35. The molecule has 3 nitrogen and oxygen atoms in total. The Kier molecular flexibility index (Phi) is 4.46. The van der Waals surface area contributed by atoms with Gasteiger partial charge in [0.25, 0.3) is 0 Å². The third-order valence-electron chi connectivity index (χ3n) is 4.11. The minimum absolute atomic E-state index is 0.0520. The first kappa shape index (κ1) is 13.9. The third-order valence-corrected chi connectivity index (χ3v) is 4.11. The highest BCUT2D eigenvalue weighted by Gasteiger charge is 2.32. The van der Waals surface area contributed by atoms with Crippen LogP contribution in [0.5, 0.6) is 0 Å². The van der Waals surface area contributed by atoms with Crippen molar-refractivity contribution in [2.24, 2.45) is 5.41 Å². The fourth-order valence-electron chi connectivity index (χ4n) is 2.75. The Morgan fingerprint density at radius 1 is 1.26 bits per heavy atom. The van der Waals surface area contributed by atoms with E-state index in [1.165, 1.54) is 19.3 Å². The molecule has 0 radical (unpaired) electrons. The van der Waals surface area contributed by atoms with Gasteiger partial charge in [0.1, 0.15) is 0 Å². The van der Waals surface area contributed by atoms with Crippen molar-refractivity contribution in [1.29, 1.82) is 0 Å². The lowest BCUT2D eigenvalue weighted by atomic mass is 9.73. The van der Waals surface area contributed by atoms with Crippen molar-refractivity contribution in [1.82, 2.24) is 10.6 Å². The zero-order valence-electron chi connectivity index (χ0n) is 11.9. The first-order chi connectivity index (χ1) is 9.08. The van der Waals surface area contributed by atoms with Crippen molar-refractivity contribution in [3.05, 3.63) is 35.9 Å². The fourth-order valence-corrected chi connectivity index (χ4v) is 2.75. The van der Waals surface area contributed by atoms with E-state index in [1.807, 2.05) is 30.3 Å². The van der Waals surface area contributed by atoms with E-state index in [-0.39, 0.29) is 17.5 Å². The van der Waals surface area contributed by atoms with Crippen molar-refractivity contribution in [3.8, 4) is 0 Å². The second-order valence-electron chi connectivity index (χ2n) is 6.10.